The topological polar surface area (TPSA) is 38.3 Å². The standard InChI is InChI=1S/C11H12BrF2NO2/c1-17-6-8(12)5-15-11(16)7-2-3-9(13)10(14)4-7/h2-4,8H,5-6H2,1H3,(H,15,16). The number of carbonyl (C=O) groups excluding carboxylic acids is 1. The van der Waals surface area contributed by atoms with Crippen LogP contribution < -0.4 is 5.32 Å². The van der Waals surface area contributed by atoms with E-state index < -0.39 is 17.5 Å². The van der Waals surface area contributed by atoms with Crippen molar-refractivity contribution in [1.82, 2.24) is 5.32 Å². The van der Waals surface area contributed by atoms with Crippen molar-refractivity contribution in [1.29, 1.82) is 0 Å². The van der Waals surface area contributed by atoms with E-state index in [0.29, 0.717) is 13.2 Å². The third-order valence-corrected chi connectivity index (χ3v) is 2.60. The second-order valence-electron chi connectivity index (χ2n) is 3.39. The number of rotatable bonds is 5. The molecule has 17 heavy (non-hydrogen) atoms. The molecule has 0 saturated heterocycles. The molecule has 0 spiro atoms. The van der Waals surface area contributed by atoms with Crippen molar-refractivity contribution >= 4 is 21.8 Å². The van der Waals surface area contributed by atoms with Gasteiger partial charge in [0.15, 0.2) is 11.6 Å². The maximum Gasteiger partial charge on any atom is 0.251 e. The normalized spacial score (nSPS) is 12.2. The Kier molecular flexibility index (Phi) is 5.50. The number of nitrogens with one attached hydrogen (secondary N) is 1. The van der Waals surface area contributed by atoms with Gasteiger partial charge in [-0.1, -0.05) is 15.9 Å². The summed E-state index contributed by atoms with van der Waals surface area (Å²) < 4.78 is 30.4. The van der Waals surface area contributed by atoms with Crippen molar-refractivity contribution in [2.75, 3.05) is 20.3 Å². The van der Waals surface area contributed by atoms with Gasteiger partial charge in [0, 0.05) is 19.2 Å². The molecule has 0 heterocycles. The number of hydrogen-bond donors (Lipinski definition) is 1. The van der Waals surface area contributed by atoms with Crippen LogP contribution in [0.2, 0.25) is 0 Å². The first-order valence-electron chi connectivity index (χ1n) is 4.91. The Morgan fingerprint density at radius 2 is 2.18 bits per heavy atom. The molecule has 0 saturated carbocycles. The van der Waals surface area contributed by atoms with Gasteiger partial charge in [0.05, 0.1) is 11.4 Å². The van der Waals surface area contributed by atoms with Gasteiger partial charge >= 0.3 is 0 Å². The predicted octanol–water partition coefficient (Wildman–Crippen LogP) is 2.10. The lowest BCUT2D eigenvalue weighted by Crippen LogP contribution is -2.31. The Bertz CT molecular complexity index is 401. The van der Waals surface area contributed by atoms with E-state index in [1.54, 1.807) is 7.11 Å². The number of halogens is 3. The molecule has 3 nitrogen and oxygen atoms in total. The number of benzene rings is 1. The van der Waals surface area contributed by atoms with E-state index in [0.717, 1.165) is 12.1 Å². The van der Waals surface area contributed by atoms with E-state index in [2.05, 4.69) is 21.2 Å². The minimum atomic E-state index is -1.04. The highest BCUT2D eigenvalue weighted by molar-refractivity contribution is 9.09. The molecule has 1 atom stereocenters. The largest absolute Gasteiger partial charge is 0.383 e. The number of alkyl halides is 1. The average molecular weight is 308 g/mol. The number of ether oxygens (including phenoxy) is 1. The molecule has 94 valence electrons. The fraction of sp³-hybridized carbons (Fsp3) is 0.364. The van der Waals surface area contributed by atoms with Gasteiger partial charge < -0.3 is 10.1 Å². The summed E-state index contributed by atoms with van der Waals surface area (Å²) in [5.41, 5.74) is 0.0843. The van der Waals surface area contributed by atoms with Crippen LogP contribution in [0.5, 0.6) is 0 Å². The van der Waals surface area contributed by atoms with Crippen LogP contribution in [-0.4, -0.2) is 31.0 Å². The summed E-state index contributed by atoms with van der Waals surface area (Å²) in [4.78, 5) is 11.5. The minimum absolute atomic E-state index is 0.0262. The van der Waals surface area contributed by atoms with Gasteiger partial charge in [-0.15, -0.1) is 0 Å². The minimum Gasteiger partial charge on any atom is -0.383 e. The molecule has 1 unspecified atom stereocenters. The van der Waals surface area contributed by atoms with Crippen molar-refractivity contribution in [3.8, 4) is 0 Å². The molecule has 6 heteroatoms. The van der Waals surface area contributed by atoms with E-state index in [4.69, 9.17) is 4.74 Å². The first-order valence-corrected chi connectivity index (χ1v) is 5.82. The Hall–Kier alpha value is -1.01. The summed E-state index contributed by atoms with van der Waals surface area (Å²) in [6.07, 6.45) is 0. The Balaban J connectivity index is 2.55. The van der Waals surface area contributed by atoms with Crippen LogP contribution in [0.4, 0.5) is 8.78 Å². The van der Waals surface area contributed by atoms with Gasteiger partial charge in [0.25, 0.3) is 5.91 Å². The third kappa shape index (κ3) is 4.40. The number of amides is 1. The van der Waals surface area contributed by atoms with Crippen LogP contribution in [0.3, 0.4) is 0 Å². The zero-order valence-electron chi connectivity index (χ0n) is 9.17. The smallest absolute Gasteiger partial charge is 0.251 e. The number of hydrogen-bond acceptors (Lipinski definition) is 2. The molecule has 1 rings (SSSR count). The molecule has 0 radical (unpaired) electrons. The summed E-state index contributed by atoms with van der Waals surface area (Å²) >= 11 is 3.29. The van der Waals surface area contributed by atoms with Crippen molar-refractivity contribution in [3.63, 3.8) is 0 Å². The molecule has 1 N–H and O–H groups in total. The molecule has 0 aliphatic carbocycles. The molecular formula is C11H12BrF2NO2. The van der Waals surface area contributed by atoms with Crippen LogP contribution in [0.15, 0.2) is 18.2 Å². The molecular weight excluding hydrogens is 296 g/mol. The second kappa shape index (κ2) is 6.66. The lowest BCUT2D eigenvalue weighted by Gasteiger charge is -2.10. The van der Waals surface area contributed by atoms with Crippen LogP contribution >= 0.6 is 15.9 Å². The molecule has 1 aromatic rings. The predicted molar refractivity (Wildman–Crippen MR) is 63.3 cm³/mol. The fourth-order valence-electron chi connectivity index (χ4n) is 1.18. The number of carbonyl (C=O) groups is 1. The van der Waals surface area contributed by atoms with Crippen LogP contribution in [0.25, 0.3) is 0 Å². The third-order valence-electron chi connectivity index (χ3n) is 2.01. The summed E-state index contributed by atoms with van der Waals surface area (Å²) in [6, 6.07) is 3.02. The summed E-state index contributed by atoms with van der Waals surface area (Å²) in [6.45, 7) is 0.781. The molecule has 0 aromatic heterocycles. The van der Waals surface area contributed by atoms with Crippen molar-refractivity contribution in [2.24, 2.45) is 0 Å². The average Bonchev–Trinajstić information content (AvgIpc) is 2.30. The van der Waals surface area contributed by atoms with Gasteiger partial charge in [0.2, 0.25) is 0 Å². The zero-order chi connectivity index (χ0) is 12.8. The highest BCUT2D eigenvalue weighted by atomic mass is 79.9. The van der Waals surface area contributed by atoms with Gasteiger partial charge in [-0.3, -0.25) is 4.79 Å². The lowest BCUT2D eigenvalue weighted by atomic mass is 10.2. The first kappa shape index (κ1) is 14.1. The monoisotopic (exact) mass is 307 g/mol. The maximum atomic E-state index is 12.9. The fourth-order valence-corrected chi connectivity index (χ4v) is 1.61. The first-order chi connectivity index (χ1) is 8.04. The molecule has 0 aliphatic heterocycles. The van der Waals surface area contributed by atoms with Crippen molar-refractivity contribution in [3.05, 3.63) is 35.4 Å². The van der Waals surface area contributed by atoms with E-state index in [-0.39, 0.29) is 10.4 Å². The van der Waals surface area contributed by atoms with Crippen molar-refractivity contribution < 1.29 is 18.3 Å². The molecule has 1 amide bonds. The SMILES string of the molecule is COCC(Br)CNC(=O)c1ccc(F)c(F)c1. The van der Waals surface area contributed by atoms with Gasteiger partial charge in [-0.2, -0.15) is 0 Å². The molecule has 1 aromatic carbocycles. The quantitative estimate of drug-likeness (QED) is 0.846. The maximum absolute atomic E-state index is 12.9. The van der Waals surface area contributed by atoms with E-state index in [1.807, 2.05) is 0 Å². The Morgan fingerprint density at radius 1 is 1.47 bits per heavy atom. The second-order valence-corrected chi connectivity index (χ2v) is 4.69. The summed E-state index contributed by atoms with van der Waals surface area (Å²) in [5, 5.41) is 2.58. The van der Waals surface area contributed by atoms with Crippen LogP contribution in [0.1, 0.15) is 10.4 Å². The van der Waals surface area contributed by atoms with Crippen molar-refractivity contribution in [2.45, 2.75) is 4.83 Å². The molecule has 0 aliphatic rings. The van der Waals surface area contributed by atoms with Crippen LogP contribution in [0, 0.1) is 11.6 Å². The van der Waals surface area contributed by atoms with Crippen LogP contribution in [-0.2, 0) is 4.74 Å². The molecule has 0 bridgehead atoms. The summed E-state index contributed by atoms with van der Waals surface area (Å²) in [5.74, 6) is -2.46. The van der Waals surface area contributed by atoms with E-state index in [9.17, 15) is 13.6 Å². The number of methoxy groups -OCH3 is 1. The lowest BCUT2D eigenvalue weighted by molar-refractivity contribution is 0.0949. The zero-order valence-corrected chi connectivity index (χ0v) is 10.8. The Morgan fingerprint density at radius 3 is 2.76 bits per heavy atom. The van der Waals surface area contributed by atoms with E-state index in [1.165, 1.54) is 6.07 Å². The van der Waals surface area contributed by atoms with Gasteiger partial charge in [0.1, 0.15) is 0 Å². The summed E-state index contributed by atoms with van der Waals surface area (Å²) in [7, 11) is 1.55. The molecule has 0 fully saturated rings. The van der Waals surface area contributed by atoms with Gasteiger partial charge in [-0.05, 0) is 18.2 Å². The van der Waals surface area contributed by atoms with Gasteiger partial charge in [-0.25, -0.2) is 8.78 Å². The van der Waals surface area contributed by atoms with E-state index >= 15 is 0 Å². The highest BCUT2D eigenvalue weighted by Gasteiger charge is 2.11. The highest BCUT2D eigenvalue weighted by Crippen LogP contribution is 2.08. The Labute approximate surface area is 106 Å².